The van der Waals surface area contributed by atoms with Crippen LogP contribution in [0.15, 0.2) is 23.6 Å². The third kappa shape index (κ3) is 4.02. The van der Waals surface area contributed by atoms with Crippen molar-refractivity contribution in [3.8, 4) is 0 Å². The minimum absolute atomic E-state index is 0.275. The summed E-state index contributed by atoms with van der Waals surface area (Å²) in [5, 5.41) is 4.80. The first-order chi connectivity index (χ1) is 12.2. The Morgan fingerprint density at radius 3 is 2.81 bits per heavy atom. The van der Waals surface area contributed by atoms with Crippen molar-refractivity contribution in [3.05, 3.63) is 40.4 Å². The molecule has 138 valence electrons. The number of rotatable bonds is 5. The number of anilines is 2. The SMILES string of the molecule is Cc1csc(NC(=O)COC(=O)c2ccc3c(c2)CCN3S(C)(=O)=O)n1. The predicted octanol–water partition coefficient (Wildman–Crippen LogP) is 1.57. The van der Waals surface area contributed by atoms with E-state index in [4.69, 9.17) is 4.74 Å². The Balaban J connectivity index is 1.61. The van der Waals surface area contributed by atoms with E-state index in [1.54, 1.807) is 17.5 Å². The smallest absolute Gasteiger partial charge is 0.338 e. The molecule has 0 atom stereocenters. The minimum Gasteiger partial charge on any atom is -0.452 e. The molecule has 1 aliphatic rings. The van der Waals surface area contributed by atoms with Crippen LogP contribution in [0.5, 0.6) is 0 Å². The third-order valence-electron chi connectivity index (χ3n) is 3.77. The van der Waals surface area contributed by atoms with Gasteiger partial charge in [0, 0.05) is 11.9 Å². The second-order valence-corrected chi connectivity index (χ2v) is 8.61. The lowest BCUT2D eigenvalue weighted by molar-refractivity contribution is -0.119. The Bertz CT molecular complexity index is 968. The number of nitrogens with zero attached hydrogens (tertiary/aromatic N) is 2. The molecule has 2 aromatic rings. The number of esters is 1. The van der Waals surface area contributed by atoms with Crippen molar-refractivity contribution in [1.29, 1.82) is 0 Å². The van der Waals surface area contributed by atoms with Gasteiger partial charge in [-0.2, -0.15) is 0 Å². The van der Waals surface area contributed by atoms with E-state index >= 15 is 0 Å². The normalized spacial score (nSPS) is 13.4. The van der Waals surface area contributed by atoms with Crippen molar-refractivity contribution in [2.45, 2.75) is 13.3 Å². The molecule has 2 heterocycles. The highest BCUT2D eigenvalue weighted by Gasteiger charge is 2.27. The summed E-state index contributed by atoms with van der Waals surface area (Å²) in [7, 11) is -3.34. The summed E-state index contributed by atoms with van der Waals surface area (Å²) in [6.45, 7) is 1.73. The summed E-state index contributed by atoms with van der Waals surface area (Å²) in [5.41, 5.74) is 2.40. The predicted molar refractivity (Wildman–Crippen MR) is 98.1 cm³/mol. The number of carbonyl (C=O) groups excluding carboxylic acids is 2. The van der Waals surface area contributed by atoms with Gasteiger partial charge < -0.3 is 4.74 Å². The summed E-state index contributed by atoms with van der Waals surface area (Å²) in [5.74, 6) is -1.12. The lowest BCUT2D eigenvalue weighted by Gasteiger charge is -2.16. The molecule has 1 aromatic heterocycles. The van der Waals surface area contributed by atoms with Gasteiger partial charge in [0.2, 0.25) is 10.0 Å². The number of sulfonamides is 1. The molecule has 1 amide bonds. The molecule has 1 aromatic carbocycles. The molecule has 10 heteroatoms. The topological polar surface area (TPSA) is 106 Å². The Morgan fingerprint density at radius 2 is 2.15 bits per heavy atom. The average molecular weight is 395 g/mol. The van der Waals surface area contributed by atoms with Crippen molar-refractivity contribution in [3.63, 3.8) is 0 Å². The van der Waals surface area contributed by atoms with Gasteiger partial charge in [0.05, 0.1) is 23.2 Å². The van der Waals surface area contributed by atoms with Crippen molar-refractivity contribution < 1.29 is 22.7 Å². The minimum atomic E-state index is -3.34. The van der Waals surface area contributed by atoms with Gasteiger partial charge in [0.15, 0.2) is 11.7 Å². The number of benzene rings is 1. The number of nitrogens with one attached hydrogen (secondary N) is 1. The molecule has 1 aliphatic heterocycles. The van der Waals surface area contributed by atoms with Gasteiger partial charge in [0.25, 0.3) is 5.91 Å². The molecule has 26 heavy (non-hydrogen) atoms. The highest BCUT2D eigenvalue weighted by Crippen LogP contribution is 2.30. The van der Waals surface area contributed by atoms with Crippen molar-refractivity contribution in [2.24, 2.45) is 0 Å². The standard InChI is InChI=1S/C16H17N3O5S2/c1-10-9-25-16(17-10)18-14(20)8-24-15(21)12-3-4-13-11(7-12)5-6-19(13)26(2,22)23/h3-4,7,9H,5-6,8H2,1-2H3,(H,17,18,20). The van der Waals surface area contributed by atoms with E-state index in [2.05, 4.69) is 10.3 Å². The van der Waals surface area contributed by atoms with Crippen LogP contribution in [0.2, 0.25) is 0 Å². The van der Waals surface area contributed by atoms with Gasteiger partial charge >= 0.3 is 5.97 Å². The first kappa shape index (κ1) is 18.3. The molecule has 8 nitrogen and oxygen atoms in total. The number of aromatic nitrogens is 1. The number of aryl methyl sites for hydroxylation is 1. The maximum absolute atomic E-state index is 12.1. The van der Waals surface area contributed by atoms with Crippen LogP contribution in [0, 0.1) is 6.92 Å². The lowest BCUT2D eigenvalue weighted by Crippen LogP contribution is -2.27. The quantitative estimate of drug-likeness (QED) is 0.771. The zero-order valence-corrected chi connectivity index (χ0v) is 15.8. The fourth-order valence-corrected chi connectivity index (χ4v) is 4.29. The summed E-state index contributed by atoms with van der Waals surface area (Å²) in [6.07, 6.45) is 1.67. The molecule has 0 saturated heterocycles. The largest absolute Gasteiger partial charge is 0.452 e. The van der Waals surface area contributed by atoms with Gasteiger partial charge in [-0.1, -0.05) is 0 Å². The van der Waals surface area contributed by atoms with Crippen LogP contribution in [0.25, 0.3) is 0 Å². The van der Waals surface area contributed by atoms with Crippen LogP contribution in [-0.2, 0) is 26.0 Å². The number of amides is 1. The highest BCUT2D eigenvalue weighted by atomic mass is 32.2. The van der Waals surface area contributed by atoms with E-state index in [0.717, 1.165) is 17.5 Å². The molecule has 0 saturated carbocycles. The van der Waals surface area contributed by atoms with E-state index in [0.29, 0.717) is 23.8 Å². The molecular weight excluding hydrogens is 378 g/mol. The maximum atomic E-state index is 12.1. The van der Waals surface area contributed by atoms with E-state index in [1.165, 1.54) is 21.7 Å². The molecule has 0 fully saturated rings. The van der Waals surface area contributed by atoms with Crippen LogP contribution in [0.4, 0.5) is 10.8 Å². The Morgan fingerprint density at radius 1 is 1.38 bits per heavy atom. The average Bonchev–Trinajstić information content (AvgIpc) is 3.17. The molecular formula is C16H17N3O5S2. The van der Waals surface area contributed by atoms with Gasteiger partial charge in [-0.15, -0.1) is 11.3 Å². The number of fused-ring (bicyclic) bond motifs is 1. The molecule has 3 rings (SSSR count). The summed E-state index contributed by atoms with van der Waals surface area (Å²) >= 11 is 1.29. The highest BCUT2D eigenvalue weighted by molar-refractivity contribution is 7.92. The molecule has 0 bridgehead atoms. The number of ether oxygens (including phenoxy) is 1. The molecule has 0 radical (unpaired) electrons. The number of carbonyl (C=O) groups is 2. The van der Waals surface area contributed by atoms with Gasteiger partial charge in [-0.3, -0.25) is 14.4 Å². The Kier molecular flexibility index (Phi) is 4.97. The second kappa shape index (κ2) is 7.04. The van der Waals surface area contributed by atoms with E-state index in [-0.39, 0.29) is 5.56 Å². The monoisotopic (exact) mass is 395 g/mol. The fraction of sp³-hybridized carbons (Fsp3) is 0.312. The molecule has 1 N–H and O–H groups in total. The third-order valence-corrected chi connectivity index (χ3v) is 5.82. The molecule has 0 spiro atoms. The van der Waals surface area contributed by atoms with Crippen LogP contribution < -0.4 is 9.62 Å². The van der Waals surface area contributed by atoms with E-state index in [1.807, 2.05) is 6.92 Å². The Hall–Kier alpha value is -2.46. The van der Waals surface area contributed by atoms with Crippen molar-refractivity contribution in [1.82, 2.24) is 4.98 Å². The van der Waals surface area contributed by atoms with Gasteiger partial charge in [-0.25, -0.2) is 18.2 Å². The molecule has 0 unspecified atom stereocenters. The van der Waals surface area contributed by atoms with Crippen LogP contribution in [0.1, 0.15) is 21.6 Å². The van der Waals surface area contributed by atoms with Crippen molar-refractivity contribution in [2.75, 3.05) is 29.0 Å². The second-order valence-electron chi connectivity index (χ2n) is 5.85. The van der Waals surface area contributed by atoms with Crippen LogP contribution >= 0.6 is 11.3 Å². The maximum Gasteiger partial charge on any atom is 0.338 e. The van der Waals surface area contributed by atoms with E-state index < -0.39 is 28.5 Å². The van der Waals surface area contributed by atoms with Crippen LogP contribution in [-0.4, -0.2) is 44.7 Å². The lowest BCUT2D eigenvalue weighted by atomic mass is 10.1. The first-order valence-corrected chi connectivity index (χ1v) is 10.5. The summed E-state index contributed by atoms with van der Waals surface area (Å²) < 4.78 is 29.8. The summed E-state index contributed by atoms with van der Waals surface area (Å²) in [4.78, 5) is 28.0. The van der Waals surface area contributed by atoms with Crippen LogP contribution in [0.3, 0.4) is 0 Å². The number of hydrogen-bond acceptors (Lipinski definition) is 7. The first-order valence-electron chi connectivity index (χ1n) is 7.74. The fourth-order valence-electron chi connectivity index (χ4n) is 2.62. The van der Waals surface area contributed by atoms with Crippen molar-refractivity contribution >= 4 is 44.1 Å². The van der Waals surface area contributed by atoms with E-state index in [9.17, 15) is 18.0 Å². The zero-order valence-electron chi connectivity index (χ0n) is 14.2. The Labute approximate surface area is 154 Å². The number of thiazole rings is 1. The molecule has 0 aliphatic carbocycles. The van der Waals surface area contributed by atoms with Gasteiger partial charge in [-0.05, 0) is 37.1 Å². The number of hydrogen-bond donors (Lipinski definition) is 1. The van der Waals surface area contributed by atoms with Gasteiger partial charge in [0.1, 0.15) is 0 Å². The summed E-state index contributed by atoms with van der Waals surface area (Å²) in [6, 6.07) is 4.68. The zero-order chi connectivity index (χ0) is 18.9.